The van der Waals surface area contributed by atoms with Gasteiger partial charge >= 0.3 is 0 Å². The predicted molar refractivity (Wildman–Crippen MR) is 50.5 cm³/mol. The molecule has 1 rings (SSSR count). The van der Waals surface area contributed by atoms with Gasteiger partial charge in [-0.2, -0.15) is 0 Å². The van der Waals surface area contributed by atoms with E-state index >= 15 is 0 Å². The molecule has 68 valence electrons. The molecule has 1 aliphatic rings. The summed E-state index contributed by atoms with van der Waals surface area (Å²) in [4.78, 5) is 0. The van der Waals surface area contributed by atoms with Crippen LogP contribution in [0.2, 0.25) is 0 Å². The van der Waals surface area contributed by atoms with Crippen LogP contribution >= 0.6 is 0 Å². The summed E-state index contributed by atoms with van der Waals surface area (Å²) in [6.07, 6.45) is 4.22. The lowest BCUT2D eigenvalue weighted by molar-refractivity contribution is 0.311. The molecule has 0 aliphatic heterocycles. The molecule has 2 heteroatoms. The van der Waals surface area contributed by atoms with Crippen molar-refractivity contribution in [2.75, 3.05) is 0 Å². The van der Waals surface area contributed by atoms with E-state index in [2.05, 4.69) is 25.1 Å². The van der Waals surface area contributed by atoms with E-state index < -0.39 is 0 Å². The first-order chi connectivity index (χ1) is 5.65. The molecular weight excluding hydrogens is 150 g/mol. The van der Waals surface area contributed by atoms with Gasteiger partial charge in [0.05, 0.1) is 5.71 Å². The fourth-order valence-corrected chi connectivity index (χ4v) is 1.57. The third kappa shape index (κ3) is 1.87. The highest BCUT2D eigenvalue weighted by Crippen LogP contribution is 2.27. The van der Waals surface area contributed by atoms with Crippen LogP contribution in [0.25, 0.3) is 0 Å². The molecule has 0 saturated heterocycles. The summed E-state index contributed by atoms with van der Waals surface area (Å²) in [5.74, 6) is 1.32. The van der Waals surface area contributed by atoms with E-state index in [4.69, 9.17) is 5.21 Å². The minimum Gasteiger partial charge on any atom is -0.411 e. The van der Waals surface area contributed by atoms with Gasteiger partial charge in [-0.3, -0.25) is 0 Å². The van der Waals surface area contributed by atoms with Gasteiger partial charge < -0.3 is 5.21 Å². The van der Waals surface area contributed by atoms with Crippen LogP contribution in [0, 0.1) is 11.8 Å². The second-order valence-electron chi connectivity index (χ2n) is 3.88. The lowest BCUT2D eigenvalue weighted by atomic mass is 9.82. The Balaban J connectivity index is 2.71. The van der Waals surface area contributed by atoms with Crippen molar-refractivity contribution in [3.05, 3.63) is 11.6 Å². The van der Waals surface area contributed by atoms with Crippen molar-refractivity contribution >= 4 is 5.71 Å². The number of oxime groups is 1. The molecule has 1 atom stereocenters. The topological polar surface area (TPSA) is 32.6 Å². The lowest BCUT2D eigenvalue weighted by Crippen LogP contribution is -2.18. The number of allylic oxidation sites excluding steroid dienone is 2. The Kier molecular flexibility index (Phi) is 2.90. The highest BCUT2D eigenvalue weighted by Gasteiger charge is 2.20. The molecule has 0 aromatic rings. The zero-order valence-electron chi connectivity index (χ0n) is 8.04. The van der Waals surface area contributed by atoms with Crippen LogP contribution in [0.3, 0.4) is 0 Å². The van der Waals surface area contributed by atoms with Crippen molar-refractivity contribution in [3.8, 4) is 0 Å². The smallest absolute Gasteiger partial charge is 0.0824 e. The summed E-state index contributed by atoms with van der Waals surface area (Å²) < 4.78 is 0. The molecule has 12 heavy (non-hydrogen) atoms. The predicted octanol–water partition coefficient (Wildman–Crippen LogP) is 2.83. The molecule has 0 bridgehead atoms. The highest BCUT2D eigenvalue weighted by molar-refractivity contribution is 6.00. The Morgan fingerprint density at radius 1 is 1.58 bits per heavy atom. The lowest BCUT2D eigenvalue weighted by Gasteiger charge is -2.24. The third-order valence-electron chi connectivity index (χ3n) is 2.70. The maximum atomic E-state index is 8.71. The van der Waals surface area contributed by atoms with Crippen molar-refractivity contribution in [2.24, 2.45) is 17.0 Å². The van der Waals surface area contributed by atoms with Crippen molar-refractivity contribution in [1.29, 1.82) is 0 Å². The Morgan fingerprint density at radius 2 is 2.25 bits per heavy atom. The fourth-order valence-electron chi connectivity index (χ4n) is 1.57. The molecule has 2 nitrogen and oxygen atoms in total. The molecule has 0 radical (unpaired) electrons. The van der Waals surface area contributed by atoms with E-state index in [0.717, 1.165) is 24.1 Å². The van der Waals surface area contributed by atoms with E-state index in [1.807, 2.05) is 6.92 Å². The first kappa shape index (κ1) is 9.30. The van der Waals surface area contributed by atoms with Gasteiger partial charge in [-0.1, -0.05) is 25.1 Å². The fraction of sp³-hybridized carbons (Fsp3) is 0.700. The first-order valence-electron chi connectivity index (χ1n) is 4.53. The minimum absolute atomic E-state index is 0.652. The van der Waals surface area contributed by atoms with Gasteiger partial charge in [0, 0.05) is 0 Å². The Morgan fingerprint density at radius 3 is 2.75 bits per heavy atom. The molecule has 0 unspecified atom stereocenters. The summed E-state index contributed by atoms with van der Waals surface area (Å²) in [5.41, 5.74) is 1.99. The molecule has 0 spiro atoms. The Labute approximate surface area is 74.0 Å². The Hall–Kier alpha value is -0.790. The maximum Gasteiger partial charge on any atom is 0.0824 e. The number of hydrogen-bond donors (Lipinski definition) is 1. The first-order valence-corrected chi connectivity index (χ1v) is 4.53. The van der Waals surface area contributed by atoms with E-state index in [1.165, 1.54) is 0 Å². The number of rotatable bonds is 1. The van der Waals surface area contributed by atoms with Crippen LogP contribution in [0.15, 0.2) is 16.8 Å². The summed E-state index contributed by atoms with van der Waals surface area (Å²) in [5, 5.41) is 12.0. The molecule has 1 aliphatic carbocycles. The molecule has 0 aromatic carbocycles. The highest BCUT2D eigenvalue weighted by atomic mass is 16.4. The molecule has 0 heterocycles. The monoisotopic (exact) mass is 167 g/mol. The second kappa shape index (κ2) is 3.74. The molecular formula is C10H17NO. The quantitative estimate of drug-likeness (QED) is 0.472. The average Bonchev–Trinajstić information content (AvgIpc) is 2.05. The maximum absolute atomic E-state index is 8.71. The minimum atomic E-state index is 0.652. The standard InChI is InChI=1S/C10H17NO/c1-7(2)9-5-4-8(3)10(6-9)11-12/h4,7,9,12H,5-6H2,1-3H3/b11-10+/t9-/m1/s1. The molecule has 1 N–H and O–H groups in total. The summed E-state index contributed by atoms with van der Waals surface area (Å²) >= 11 is 0. The molecule has 0 fully saturated rings. The van der Waals surface area contributed by atoms with E-state index in [0.29, 0.717) is 11.8 Å². The van der Waals surface area contributed by atoms with Crippen molar-refractivity contribution in [2.45, 2.75) is 33.6 Å². The number of nitrogens with zero attached hydrogens (tertiary/aromatic N) is 1. The van der Waals surface area contributed by atoms with Crippen molar-refractivity contribution < 1.29 is 5.21 Å². The average molecular weight is 167 g/mol. The van der Waals surface area contributed by atoms with Crippen molar-refractivity contribution in [1.82, 2.24) is 0 Å². The van der Waals surface area contributed by atoms with Crippen LogP contribution in [-0.4, -0.2) is 10.9 Å². The van der Waals surface area contributed by atoms with E-state index in [-0.39, 0.29) is 0 Å². The molecule has 0 saturated carbocycles. The zero-order valence-corrected chi connectivity index (χ0v) is 8.04. The van der Waals surface area contributed by atoms with Gasteiger partial charge in [-0.05, 0) is 37.2 Å². The Bertz CT molecular complexity index is 216. The van der Waals surface area contributed by atoms with Gasteiger partial charge in [-0.25, -0.2) is 0 Å². The van der Waals surface area contributed by atoms with Crippen LogP contribution in [0.5, 0.6) is 0 Å². The van der Waals surface area contributed by atoms with E-state index in [9.17, 15) is 0 Å². The van der Waals surface area contributed by atoms with Gasteiger partial charge in [0.2, 0.25) is 0 Å². The third-order valence-corrected chi connectivity index (χ3v) is 2.70. The van der Waals surface area contributed by atoms with Gasteiger partial charge in [0.25, 0.3) is 0 Å². The van der Waals surface area contributed by atoms with Crippen LogP contribution < -0.4 is 0 Å². The zero-order chi connectivity index (χ0) is 9.14. The second-order valence-corrected chi connectivity index (χ2v) is 3.88. The number of hydrogen-bond acceptors (Lipinski definition) is 2. The summed E-state index contributed by atoms with van der Waals surface area (Å²) in [6, 6.07) is 0. The normalized spacial score (nSPS) is 27.8. The SMILES string of the molecule is CC1=CC[C@@H](C(C)C)C/C1=N\O. The van der Waals surface area contributed by atoms with Gasteiger partial charge in [0.1, 0.15) is 0 Å². The largest absolute Gasteiger partial charge is 0.411 e. The van der Waals surface area contributed by atoms with Crippen LogP contribution in [0.1, 0.15) is 33.6 Å². The van der Waals surface area contributed by atoms with Gasteiger partial charge in [0.15, 0.2) is 0 Å². The van der Waals surface area contributed by atoms with Crippen LogP contribution in [0.4, 0.5) is 0 Å². The van der Waals surface area contributed by atoms with Crippen LogP contribution in [-0.2, 0) is 0 Å². The molecule has 0 aromatic heterocycles. The molecule has 0 amide bonds. The van der Waals surface area contributed by atoms with E-state index in [1.54, 1.807) is 0 Å². The van der Waals surface area contributed by atoms with Crippen molar-refractivity contribution in [3.63, 3.8) is 0 Å². The van der Waals surface area contributed by atoms with Gasteiger partial charge in [-0.15, -0.1) is 0 Å². The summed E-state index contributed by atoms with van der Waals surface area (Å²) in [6.45, 7) is 6.44. The summed E-state index contributed by atoms with van der Waals surface area (Å²) in [7, 11) is 0.